The topological polar surface area (TPSA) is 100 Å². The Balaban J connectivity index is 1.74. The highest BCUT2D eigenvalue weighted by atomic mass is 16.7. The van der Waals surface area contributed by atoms with Gasteiger partial charge in [0.25, 0.3) is 5.69 Å². The van der Waals surface area contributed by atoms with Crippen LogP contribution in [-0.4, -0.2) is 49.1 Å². The number of ether oxygens (including phenoxy) is 4. The van der Waals surface area contributed by atoms with Gasteiger partial charge in [-0.25, -0.2) is 4.79 Å². The summed E-state index contributed by atoms with van der Waals surface area (Å²) < 4.78 is 23.3. The van der Waals surface area contributed by atoms with E-state index in [0.29, 0.717) is 17.7 Å². The first-order valence-corrected chi connectivity index (χ1v) is 9.98. The molecule has 3 heterocycles. The second-order valence-electron chi connectivity index (χ2n) is 8.13. The molecular formula is C22H22N2O7. The largest absolute Gasteiger partial charge is 0.478 e. The molecule has 0 N–H and O–H groups in total. The maximum atomic E-state index is 13.1. The lowest BCUT2D eigenvalue weighted by atomic mass is 9.81. The fraction of sp³-hybridized carbons (Fsp3) is 0.409. The number of carbonyl (C=O) groups excluding carboxylic acids is 1. The second kappa shape index (κ2) is 6.93. The van der Waals surface area contributed by atoms with E-state index in [4.69, 9.17) is 18.9 Å². The molecule has 9 nitrogen and oxygen atoms in total. The fourth-order valence-corrected chi connectivity index (χ4v) is 5.12. The summed E-state index contributed by atoms with van der Waals surface area (Å²) in [6.07, 6.45) is -1.15. The van der Waals surface area contributed by atoms with E-state index in [-0.39, 0.29) is 11.7 Å². The molecule has 0 saturated carbocycles. The Kier molecular flexibility index (Phi) is 4.42. The molecule has 31 heavy (non-hydrogen) atoms. The van der Waals surface area contributed by atoms with E-state index in [1.807, 2.05) is 29.2 Å². The number of morpholine rings is 1. The average molecular weight is 426 g/mol. The SMILES string of the molecule is COC(OC)[C@@]1(C)Oc2ccc([N+](=O)[O-])cc2[C@@H]2[C@@H]1OC(=O)[C@H]1Cc3ccccc3N12. The van der Waals surface area contributed by atoms with Gasteiger partial charge in [-0.15, -0.1) is 0 Å². The molecule has 1 fully saturated rings. The van der Waals surface area contributed by atoms with Crippen LogP contribution in [0.3, 0.4) is 0 Å². The number of anilines is 1. The molecule has 0 unspecified atom stereocenters. The van der Waals surface area contributed by atoms with Crippen molar-refractivity contribution in [1.82, 2.24) is 0 Å². The minimum Gasteiger partial charge on any atom is -0.478 e. The molecule has 0 amide bonds. The summed E-state index contributed by atoms with van der Waals surface area (Å²) in [7, 11) is 2.98. The highest BCUT2D eigenvalue weighted by Crippen LogP contribution is 2.53. The minimum absolute atomic E-state index is 0.0549. The maximum absolute atomic E-state index is 13.1. The molecule has 0 radical (unpaired) electrons. The maximum Gasteiger partial charge on any atom is 0.329 e. The van der Waals surface area contributed by atoms with Crippen molar-refractivity contribution < 1.29 is 28.7 Å². The van der Waals surface area contributed by atoms with Crippen LogP contribution in [0, 0.1) is 10.1 Å². The highest BCUT2D eigenvalue weighted by Gasteiger charge is 2.61. The summed E-state index contributed by atoms with van der Waals surface area (Å²) in [4.78, 5) is 26.1. The van der Waals surface area contributed by atoms with Gasteiger partial charge in [-0.2, -0.15) is 0 Å². The quantitative estimate of drug-likeness (QED) is 0.318. The molecule has 3 aliphatic heterocycles. The van der Waals surface area contributed by atoms with Gasteiger partial charge in [0.15, 0.2) is 11.7 Å². The number of hydrogen-bond acceptors (Lipinski definition) is 8. The number of nitrogens with zero attached hydrogens (tertiary/aromatic N) is 2. The lowest BCUT2D eigenvalue weighted by Crippen LogP contribution is -2.67. The molecule has 0 aromatic heterocycles. The van der Waals surface area contributed by atoms with E-state index in [0.717, 1.165) is 11.3 Å². The van der Waals surface area contributed by atoms with Crippen molar-refractivity contribution >= 4 is 17.3 Å². The first kappa shape index (κ1) is 19.8. The van der Waals surface area contributed by atoms with Gasteiger partial charge in [0.2, 0.25) is 6.29 Å². The molecule has 9 heteroatoms. The normalized spacial score (nSPS) is 28.2. The van der Waals surface area contributed by atoms with Gasteiger partial charge in [0, 0.05) is 44.0 Å². The number of carbonyl (C=O) groups is 1. The lowest BCUT2D eigenvalue weighted by molar-refractivity contribution is -0.385. The standard InChI is InChI=1S/C22H22N2O7/c1-22(21(28-2)29-3)19-18(14-11-13(24(26)27)8-9-17(14)31-22)23-15-7-5-4-6-12(15)10-16(23)20(25)30-19/h4-9,11,16,18-19,21H,10H2,1-3H3/t16-,18-,19+,22+/m1/s1. The second-order valence-corrected chi connectivity index (χ2v) is 8.13. The van der Waals surface area contributed by atoms with E-state index in [9.17, 15) is 14.9 Å². The van der Waals surface area contributed by atoms with Crippen molar-refractivity contribution in [2.24, 2.45) is 0 Å². The Bertz CT molecular complexity index is 1070. The third-order valence-electron chi connectivity index (χ3n) is 6.43. The van der Waals surface area contributed by atoms with Crippen molar-refractivity contribution in [2.75, 3.05) is 19.1 Å². The number of fused-ring (bicyclic) bond motifs is 7. The lowest BCUT2D eigenvalue weighted by Gasteiger charge is -2.53. The summed E-state index contributed by atoms with van der Waals surface area (Å²) in [5.74, 6) is 0.0987. The molecule has 162 valence electrons. The Labute approximate surface area is 178 Å². The molecule has 0 aliphatic carbocycles. The first-order chi connectivity index (χ1) is 14.9. The predicted octanol–water partition coefficient (Wildman–Crippen LogP) is 2.76. The summed E-state index contributed by atoms with van der Waals surface area (Å²) >= 11 is 0. The zero-order valence-corrected chi connectivity index (χ0v) is 17.3. The molecule has 0 bridgehead atoms. The molecule has 2 aromatic carbocycles. The summed E-state index contributed by atoms with van der Waals surface area (Å²) in [5.41, 5.74) is 1.29. The zero-order chi connectivity index (χ0) is 21.9. The van der Waals surface area contributed by atoms with Crippen molar-refractivity contribution in [1.29, 1.82) is 0 Å². The van der Waals surface area contributed by atoms with Crippen LogP contribution >= 0.6 is 0 Å². The molecule has 2 aromatic rings. The van der Waals surface area contributed by atoms with Crippen LogP contribution in [0.5, 0.6) is 5.75 Å². The number of benzene rings is 2. The number of nitro groups is 1. The van der Waals surface area contributed by atoms with E-state index >= 15 is 0 Å². The Morgan fingerprint density at radius 1 is 1.23 bits per heavy atom. The van der Waals surface area contributed by atoms with Gasteiger partial charge < -0.3 is 23.8 Å². The van der Waals surface area contributed by atoms with Gasteiger partial charge in [0.1, 0.15) is 17.8 Å². The van der Waals surface area contributed by atoms with E-state index in [1.54, 1.807) is 13.0 Å². The third-order valence-corrected chi connectivity index (χ3v) is 6.43. The molecular weight excluding hydrogens is 404 g/mol. The van der Waals surface area contributed by atoms with Crippen LogP contribution in [0.25, 0.3) is 0 Å². The van der Waals surface area contributed by atoms with Gasteiger partial charge >= 0.3 is 5.97 Å². The summed E-state index contributed by atoms with van der Waals surface area (Å²) in [6, 6.07) is 11.2. The molecule has 3 aliphatic rings. The van der Waals surface area contributed by atoms with Crippen LogP contribution < -0.4 is 9.64 Å². The van der Waals surface area contributed by atoms with E-state index in [1.165, 1.54) is 26.4 Å². The first-order valence-electron chi connectivity index (χ1n) is 9.98. The average Bonchev–Trinajstić information content (AvgIpc) is 3.15. The monoisotopic (exact) mass is 426 g/mol. The molecule has 4 atom stereocenters. The number of nitro benzene ring substituents is 1. The van der Waals surface area contributed by atoms with E-state index < -0.39 is 35.0 Å². The van der Waals surface area contributed by atoms with Gasteiger partial charge in [-0.3, -0.25) is 10.1 Å². The van der Waals surface area contributed by atoms with Crippen molar-refractivity contribution in [3.63, 3.8) is 0 Å². The predicted molar refractivity (Wildman–Crippen MR) is 109 cm³/mol. The van der Waals surface area contributed by atoms with Crippen molar-refractivity contribution in [3.05, 3.63) is 63.7 Å². The van der Waals surface area contributed by atoms with Crippen molar-refractivity contribution in [3.8, 4) is 5.75 Å². The third kappa shape index (κ3) is 2.73. The number of non-ortho nitro benzene ring substituents is 1. The van der Waals surface area contributed by atoms with Gasteiger partial charge in [-0.1, -0.05) is 18.2 Å². The van der Waals surface area contributed by atoms with Gasteiger partial charge in [-0.05, 0) is 24.6 Å². The number of methoxy groups -OCH3 is 2. The fourth-order valence-electron chi connectivity index (χ4n) is 5.12. The zero-order valence-electron chi connectivity index (χ0n) is 17.3. The number of para-hydroxylation sites is 1. The van der Waals surface area contributed by atoms with Crippen molar-refractivity contribution in [2.45, 2.75) is 43.4 Å². The highest BCUT2D eigenvalue weighted by molar-refractivity contribution is 5.86. The Hall–Kier alpha value is -3.17. The number of esters is 1. The van der Waals surface area contributed by atoms with Crippen LogP contribution in [0.1, 0.15) is 24.1 Å². The van der Waals surface area contributed by atoms with Crippen LogP contribution in [0.2, 0.25) is 0 Å². The molecule has 1 saturated heterocycles. The number of hydrogen-bond donors (Lipinski definition) is 0. The minimum atomic E-state index is -1.19. The Morgan fingerprint density at radius 2 is 1.97 bits per heavy atom. The Morgan fingerprint density at radius 3 is 2.68 bits per heavy atom. The molecule has 5 rings (SSSR count). The van der Waals surface area contributed by atoms with Crippen LogP contribution in [0.15, 0.2) is 42.5 Å². The smallest absolute Gasteiger partial charge is 0.329 e. The molecule has 0 spiro atoms. The number of rotatable bonds is 4. The summed E-state index contributed by atoms with van der Waals surface area (Å²) in [6.45, 7) is 1.77. The van der Waals surface area contributed by atoms with Gasteiger partial charge in [0.05, 0.1) is 4.92 Å². The van der Waals surface area contributed by atoms with Crippen LogP contribution in [-0.2, 0) is 25.4 Å². The van der Waals surface area contributed by atoms with Crippen LogP contribution in [0.4, 0.5) is 11.4 Å². The summed E-state index contributed by atoms with van der Waals surface area (Å²) in [5, 5.41) is 11.5. The van der Waals surface area contributed by atoms with E-state index in [2.05, 4.69) is 0 Å².